The van der Waals surface area contributed by atoms with E-state index in [-0.39, 0.29) is 5.82 Å². The molecule has 0 bridgehead atoms. The van der Waals surface area contributed by atoms with Gasteiger partial charge < -0.3 is 0 Å². The fourth-order valence-corrected chi connectivity index (χ4v) is 1.27. The molecular weight excluding hydrogens is 226 g/mol. The summed E-state index contributed by atoms with van der Waals surface area (Å²) in [5.41, 5.74) is 1.20. The molecule has 0 fully saturated rings. The van der Waals surface area contributed by atoms with Crippen LogP contribution in [0, 0.1) is 11.3 Å². The number of benzene rings is 1. The number of nitriles is 1. The van der Waals surface area contributed by atoms with Crippen LogP contribution in [0.25, 0.3) is 11.6 Å². The Morgan fingerprint density at radius 2 is 2.12 bits per heavy atom. The molecule has 0 saturated heterocycles. The predicted molar refractivity (Wildman–Crippen MR) is 59.1 cm³/mol. The lowest BCUT2D eigenvalue weighted by Gasteiger charge is -1.94. The first-order valence-corrected chi connectivity index (χ1v) is 4.78. The molecule has 1 N–H and O–H groups in total. The summed E-state index contributed by atoms with van der Waals surface area (Å²) in [5, 5.41) is 22.8. The van der Waals surface area contributed by atoms with Crippen LogP contribution in [0.3, 0.4) is 0 Å². The van der Waals surface area contributed by atoms with Crippen molar-refractivity contribution in [3.05, 3.63) is 40.7 Å². The summed E-state index contributed by atoms with van der Waals surface area (Å²) < 4.78 is 0. The summed E-state index contributed by atoms with van der Waals surface area (Å²) >= 11 is 5.76. The van der Waals surface area contributed by atoms with Crippen molar-refractivity contribution in [1.29, 1.82) is 5.26 Å². The largest absolute Gasteiger partial charge is 0.215 e. The van der Waals surface area contributed by atoms with Crippen LogP contribution in [-0.4, -0.2) is 20.6 Å². The predicted octanol–water partition coefficient (Wildman–Crippen LogP) is 1.92. The molecule has 0 aliphatic heterocycles. The molecule has 16 heavy (non-hydrogen) atoms. The van der Waals surface area contributed by atoms with Gasteiger partial charge in [0.1, 0.15) is 11.6 Å². The van der Waals surface area contributed by atoms with E-state index < -0.39 is 0 Å². The van der Waals surface area contributed by atoms with Crippen LogP contribution in [0.4, 0.5) is 0 Å². The average molecular weight is 232 g/mol. The Hall–Kier alpha value is -2.19. The van der Waals surface area contributed by atoms with Gasteiger partial charge in [-0.15, -0.1) is 10.2 Å². The molecule has 0 spiro atoms. The first-order chi connectivity index (χ1) is 7.79. The van der Waals surface area contributed by atoms with Crippen molar-refractivity contribution in [2.24, 2.45) is 0 Å². The van der Waals surface area contributed by atoms with Crippen LogP contribution in [0.1, 0.15) is 11.4 Å². The van der Waals surface area contributed by atoms with Crippen LogP contribution >= 0.6 is 11.6 Å². The molecule has 6 heteroatoms. The second kappa shape index (κ2) is 4.55. The maximum absolute atomic E-state index is 8.95. The Labute approximate surface area is 96.4 Å². The van der Waals surface area contributed by atoms with Crippen LogP contribution in [0.15, 0.2) is 24.3 Å². The Balaban J connectivity index is 2.36. The minimum atomic E-state index is 0.275. The quantitative estimate of drug-likeness (QED) is 0.801. The molecular formula is C10H6ClN5. The van der Waals surface area contributed by atoms with Gasteiger partial charge in [-0.05, 0) is 29.0 Å². The monoisotopic (exact) mass is 231 g/mol. The van der Waals surface area contributed by atoms with Crippen molar-refractivity contribution in [2.45, 2.75) is 0 Å². The molecule has 0 aliphatic rings. The standard InChI is InChI=1S/C10H6ClN5/c11-9-3-1-7(2-4-9)5-8(6-12)10-13-15-16-14-10/h1-5H,(H,13,14,15,16)/b8-5+. The highest BCUT2D eigenvalue weighted by molar-refractivity contribution is 6.30. The molecule has 1 aromatic heterocycles. The third-order valence-corrected chi connectivity index (χ3v) is 2.14. The van der Waals surface area contributed by atoms with Gasteiger partial charge in [0, 0.05) is 5.02 Å². The fourth-order valence-electron chi connectivity index (χ4n) is 1.15. The number of tetrazole rings is 1. The van der Waals surface area contributed by atoms with Crippen molar-refractivity contribution < 1.29 is 0 Å². The SMILES string of the molecule is N#C/C(=C\c1ccc(Cl)cc1)c1nn[nH]n1. The Morgan fingerprint density at radius 3 is 2.69 bits per heavy atom. The second-order valence-electron chi connectivity index (χ2n) is 2.96. The molecule has 2 rings (SSSR count). The van der Waals surface area contributed by atoms with Crippen LogP contribution in [0.5, 0.6) is 0 Å². The normalized spacial score (nSPS) is 11.1. The van der Waals surface area contributed by atoms with Gasteiger partial charge in [-0.3, -0.25) is 0 Å². The number of hydrogen-bond acceptors (Lipinski definition) is 4. The van der Waals surface area contributed by atoms with Crippen molar-refractivity contribution in [3.8, 4) is 6.07 Å². The lowest BCUT2D eigenvalue weighted by Crippen LogP contribution is -1.85. The number of aromatic amines is 1. The topological polar surface area (TPSA) is 78.2 Å². The smallest absolute Gasteiger partial charge is 0.192 e. The highest BCUT2D eigenvalue weighted by Crippen LogP contribution is 2.15. The number of allylic oxidation sites excluding steroid dienone is 1. The number of nitrogens with zero attached hydrogens (tertiary/aromatic N) is 4. The van der Waals surface area contributed by atoms with Gasteiger partial charge in [0.05, 0.1) is 0 Å². The minimum absolute atomic E-state index is 0.275. The van der Waals surface area contributed by atoms with Gasteiger partial charge in [0.2, 0.25) is 5.82 Å². The summed E-state index contributed by atoms with van der Waals surface area (Å²) in [4.78, 5) is 0. The molecule has 1 heterocycles. The first kappa shape index (κ1) is 10.3. The zero-order valence-corrected chi connectivity index (χ0v) is 8.81. The Morgan fingerprint density at radius 1 is 1.38 bits per heavy atom. The van der Waals surface area contributed by atoms with Crippen LogP contribution < -0.4 is 0 Å². The van der Waals surface area contributed by atoms with E-state index in [4.69, 9.17) is 16.9 Å². The molecule has 78 valence electrons. The summed E-state index contributed by atoms with van der Waals surface area (Å²) in [7, 11) is 0. The third-order valence-electron chi connectivity index (χ3n) is 1.89. The van der Waals surface area contributed by atoms with Crippen LogP contribution in [-0.2, 0) is 0 Å². The number of nitrogens with one attached hydrogen (secondary N) is 1. The van der Waals surface area contributed by atoms with Gasteiger partial charge >= 0.3 is 0 Å². The number of aromatic nitrogens is 4. The van der Waals surface area contributed by atoms with Crippen LogP contribution in [0.2, 0.25) is 5.02 Å². The van der Waals surface area contributed by atoms with Crippen molar-refractivity contribution in [3.63, 3.8) is 0 Å². The second-order valence-corrected chi connectivity index (χ2v) is 3.39. The lowest BCUT2D eigenvalue weighted by atomic mass is 10.1. The van der Waals surface area contributed by atoms with E-state index in [1.807, 2.05) is 6.07 Å². The van der Waals surface area contributed by atoms with E-state index >= 15 is 0 Å². The summed E-state index contributed by atoms with van der Waals surface area (Å²) in [5.74, 6) is 0.275. The Kier molecular flexibility index (Phi) is 2.94. The van der Waals surface area contributed by atoms with Crippen molar-refractivity contribution in [1.82, 2.24) is 20.6 Å². The maximum atomic E-state index is 8.95. The van der Waals surface area contributed by atoms with Gasteiger partial charge in [0.15, 0.2) is 0 Å². The molecule has 1 aromatic carbocycles. The highest BCUT2D eigenvalue weighted by Gasteiger charge is 2.05. The Bertz CT molecular complexity index is 536. The fraction of sp³-hybridized carbons (Fsp3) is 0. The van der Waals surface area contributed by atoms with Crippen molar-refractivity contribution >= 4 is 23.3 Å². The van der Waals surface area contributed by atoms with E-state index in [0.717, 1.165) is 5.56 Å². The molecule has 0 radical (unpaired) electrons. The van der Waals surface area contributed by atoms with Gasteiger partial charge in [-0.25, -0.2) is 0 Å². The van der Waals surface area contributed by atoms with Gasteiger partial charge in [-0.2, -0.15) is 10.5 Å². The molecule has 0 amide bonds. The zero-order valence-electron chi connectivity index (χ0n) is 8.05. The first-order valence-electron chi connectivity index (χ1n) is 4.41. The van der Waals surface area contributed by atoms with E-state index in [2.05, 4.69) is 20.6 Å². The zero-order chi connectivity index (χ0) is 11.4. The molecule has 5 nitrogen and oxygen atoms in total. The molecule has 2 aromatic rings. The molecule has 0 unspecified atom stereocenters. The average Bonchev–Trinajstić information content (AvgIpc) is 2.82. The number of H-pyrrole nitrogens is 1. The lowest BCUT2D eigenvalue weighted by molar-refractivity contribution is 0.881. The number of rotatable bonds is 2. The molecule has 0 atom stereocenters. The highest BCUT2D eigenvalue weighted by atomic mass is 35.5. The maximum Gasteiger partial charge on any atom is 0.215 e. The number of halogens is 1. The summed E-state index contributed by atoms with van der Waals surface area (Å²) in [6.45, 7) is 0. The van der Waals surface area contributed by atoms with E-state index in [9.17, 15) is 0 Å². The third kappa shape index (κ3) is 2.24. The van der Waals surface area contributed by atoms with Gasteiger partial charge in [-0.1, -0.05) is 23.7 Å². The summed E-state index contributed by atoms with van der Waals surface area (Å²) in [6, 6.07) is 9.12. The molecule has 0 aliphatic carbocycles. The van der Waals surface area contributed by atoms with Crippen molar-refractivity contribution in [2.75, 3.05) is 0 Å². The van der Waals surface area contributed by atoms with E-state index in [1.54, 1.807) is 30.3 Å². The molecule has 0 saturated carbocycles. The summed E-state index contributed by atoms with van der Waals surface area (Å²) in [6.07, 6.45) is 1.67. The van der Waals surface area contributed by atoms with E-state index in [1.165, 1.54) is 0 Å². The minimum Gasteiger partial charge on any atom is -0.192 e. The van der Waals surface area contributed by atoms with E-state index in [0.29, 0.717) is 10.6 Å². The van der Waals surface area contributed by atoms with Gasteiger partial charge in [0.25, 0.3) is 0 Å². The number of hydrogen-bond donors (Lipinski definition) is 1.